The molecule has 0 saturated carbocycles. The number of rotatable bonds is 26. The molecule has 9 rings (SSSR count). The maximum Gasteiger partial charge on any atom is 0.407 e. The monoisotopic (exact) mass is 1170 g/mol. The van der Waals surface area contributed by atoms with Gasteiger partial charge in [0.15, 0.2) is 11.6 Å². The van der Waals surface area contributed by atoms with Crippen LogP contribution < -0.4 is 20.5 Å². The summed E-state index contributed by atoms with van der Waals surface area (Å²) in [5, 5.41) is 14.0. The minimum atomic E-state index is -1.03. The van der Waals surface area contributed by atoms with Gasteiger partial charge in [0.1, 0.15) is 24.3 Å². The van der Waals surface area contributed by atoms with E-state index in [0.29, 0.717) is 69.1 Å². The van der Waals surface area contributed by atoms with Gasteiger partial charge < -0.3 is 44.7 Å². The Kier molecular flexibility index (Phi) is 23.3. The highest BCUT2D eigenvalue weighted by molar-refractivity contribution is 5.85. The molecule has 5 aromatic carbocycles. The first-order valence-electron chi connectivity index (χ1n) is 29.5. The van der Waals surface area contributed by atoms with Crippen molar-refractivity contribution in [1.82, 2.24) is 35.1 Å². The zero-order chi connectivity index (χ0) is 61.0. The number of esters is 2. The summed E-state index contributed by atoms with van der Waals surface area (Å²) >= 11 is 0. The van der Waals surface area contributed by atoms with Crippen molar-refractivity contribution in [2.75, 3.05) is 53.6 Å². The van der Waals surface area contributed by atoms with Gasteiger partial charge in [-0.25, -0.2) is 24.7 Å². The molecule has 2 aliphatic heterocycles. The Morgan fingerprint density at radius 1 is 0.558 bits per heavy atom. The molecule has 0 aliphatic carbocycles. The molecule has 0 spiro atoms. The van der Waals surface area contributed by atoms with Gasteiger partial charge in [0.05, 0.1) is 51.4 Å². The Morgan fingerprint density at radius 3 is 1.43 bits per heavy atom. The molecular weight excluding hydrogens is 1090 g/mol. The van der Waals surface area contributed by atoms with Crippen molar-refractivity contribution in [2.24, 2.45) is 29.4 Å². The SMILES string of the molecule is COC(=O)C1CN(C(=O)[C@@H](N)Cc2ccc(-c3ncc(-c4ccc(OCCCC(C)C)cc4)cn3)cc2)C1.COC(=O)C1CN(C(O)[C@H](Cc2ccc(-c3ncc(-c4ccc(OCCCC(C)C)cc4)cn3)cc2)NC(=O)OCc2ccccc2)C1. The first-order valence-corrected chi connectivity index (χ1v) is 29.5. The predicted molar refractivity (Wildman–Crippen MR) is 329 cm³/mol. The Bertz CT molecular complexity index is 3230. The number of hydrogen-bond donors (Lipinski definition) is 3. The summed E-state index contributed by atoms with van der Waals surface area (Å²) in [7, 11) is 2.70. The quantitative estimate of drug-likeness (QED) is 0.0260. The van der Waals surface area contributed by atoms with Crippen molar-refractivity contribution in [1.29, 1.82) is 0 Å². The second-order valence-electron chi connectivity index (χ2n) is 22.7. The van der Waals surface area contributed by atoms with Crippen LogP contribution >= 0.6 is 0 Å². The summed E-state index contributed by atoms with van der Waals surface area (Å²) in [4.78, 5) is 70.4. The lowest BCUT2D eigenvalue weighted by atomic mass is 9.96. The molecule has 0 radical (unpaired) electrons. The number of methoxy groups -OCH3 is 2. The number of aromatic nitrogens is 4. The smallest absolute Gasteiger partial charge is 0.407 e. The number of nitrogens with one attached hydrogen (secondary N) is 1. The number of nitrogens with zero attached hydrogens (tertiary/aromatic N) is 6. The molecule has 2 saturated heterocycles. The van der Waals surface area contributed by atoms with Crippen molar-refractivity contribution in [3.63, 3.8) is 0 Å². The molecular formula is C68H80N8O10. The molecule has 452 valence electrons. The number of nitrogens with two attached hydrogens (primary N) is 1. The molecule has 2 amide bonds. The number of aliphatic hydroxyl groups is 1. The van der Waals surface area contributed by atoms with Crippen LogP contribution in [-0.2, 0) is 48.0 Å². The summed E-state index contributed by atoms with van der Waals surface area (Å²) in [6.07, 6.45) is 10.7. The van der Waals surface area contributed by atoms with Crippen LogP contribution in [0.4, 0.5) is 4.79 Å². The van der Waals surface area contributed by atoms with Gasteiger partial charge >= 0.3 is 18.0 Å². The number of hydrogen-bond acceptors (Lipinski definition) is 16. The van der Waals surface area contributed by atoms with Gasteiger partial charge in [0.2, 0.25) is 5.91 Å². The van der Waals surface area contributed by atoms with Crippen molar-refractivity contribution in [3.8, 4) is 56.5 Å². The maximum atomic E-state index is 12.8. The third-order valence-corrected chi connectivity index (χ3v) is 15.1. The second kappa shape index (κ2) is 31.5. The van der Waals surface area contributed by atoms with E-state index < -0.39 is 24.4 Å². The van der Waals surface area contributed by atoms with Gasteiger partial charge in [0, 0.05) is 73.2 Å². The number of carbonyl (C=O) groups is 4. The summed E-state index contributed by atoms with van der Waals surface area (Å²) in [5.41, 5.74) is 14.4. The zero-order valence-corrected chi connectivity index (χ0v) is 50.0. The summed E-state index contributed by atoms with van der Waals surface area (Å²) in [5.74, 6) is 2.98. The minimum absolute atomic E-state index is 0.107. The van der Waals surface area contributed by atoms with E-state index in [2.05, 4.69) is 52.9 Å². The van der Waals surface area contributed by atoms with Crippen molar-refractivity contribution in [2.45, 2.75) is 91.1 Å². The van der Waals surface area contributed by atoms with E-state index in [1.54, 1.807) is 22.2 Å². The highest BCUT2D eigenvalue weighted by Crippen LogP contribution is 2.28. The molecule has 7 aromatic rings. The van der Waals surface area contributed by atoms with Gasteiger partial charge in [-0.1, -0.05) is 131 Å². The van der Waals surface area contributed by atoms with E-state index in [1.165, 1.54) is 14.2 Å². The second-order valence-corrected chi connectivity index (χ2v) is 22.7. The average molecular weight is 1170 g/mol. The standard InChI is InChI=1S/C38H44N4O6.C30H36N4O4/c1-26(2)8-7-19-47-33-17-15-29(16-18-33)31-21-39-35(40-22-31)30-13-11-27(12-14-30)20-34(36(43)42-23-32(24-42)37(44)46-3)41-38(45)48-25-28-9-5-4-6-10-28;1-20(2)5-4-14-38-26-12-10-22(11-13-26)24-16-32-28(33-17-24)23-8-6-21(7-9-23)15-27(31)29(35)34-18-25(19-34)30(36)37-3/h4-6,9-18,21-22,26,32,34,36,43H,7-8,19-20,23-25H2,1-3H3,(H,41,45);6-13,16-17,20,25,27H,4-5,14-15,18-19,31H2,1-3H3/t34-,36?;27-/m00/s1. The number of alkyl carbamates (subject to hydrolysis) is 1. The normalized spacial score (nSPS) is 14.4. The molecule has 18 nitrogen and oxygen atoms in total. The van der Waals surface area contributed by atoms with Gasteiger partial charge in [0.25, 0.3) is 0 Å². The molecule has 0 bridgehead atoms. The summed E-state index contributed by atoms with van der Waals surface area (Å²) in [6.45, 7) is 11.8. The molecule has 4 heterocycles. The Labute approximate surface area is 504 Å². The number of likely N-dealkylation sites (tertiary alicyclic amines) is 2. The van der Waals surface area contributed by atoms with Gasteiger partial charge in [-0.05, 0) is 102 Å². The predicted octanol–water partition coefficient (Wildman–Crippen LogP) is 10.0. The van der Waals surface area contributed by atoms with E-state index >= 15 is 0 Å². The molecule has 1 unspecified atom stereocenters. The first-order chi connectivity index (χ1) is 41.6. The van der Waals surface area contributed by atoms with E-state index in [1.807, 2.05) is 140 Å². The first kappa shape index (κ1) is 63.4. The fourth-order valence-corrected chi connectivity index (χ4v) is 9.93. The van der Waals surface area contributed by atoms with Crippen LogP contribution in [0.5, 0.6) is 11.5 Å². The fraction of sp³-hybridized carbons (Fsp3) is 0.382. The highest BCUT2D eigenvalue weighted by atomic mass is 16.5. The van der Waals surface area contributed by atoms with E-state index in [-0.39, 0.29) is 36.3 Å². The summed E-state index contributed by atoms with van der Waals surface area (Å²) in [6, 6.07) is 39.4. The van der Waals surface area contributed by atoms with Crippen molar-refractivity contribution >= 4 is 23.9 Å². The van der Waals surface area contributed by atoms with Crippen LogP contribution in [0.15, 0.2) is 152 Å². The minimum Gasteiger partial charge on any atom is -0.494 e. The molecule has 2 fully saturated rings. The molecule has 3 atom stereocenters. The average Bonchev–Trinajstić information content (AvgIpc) is 3.08. The van der Waals surface area contributed by atoms with Gasteiger partial charge in [-0.2, -0.15) is 0 Å². The highest BCUT2D eigenvalue weighted by Gasteiger charge is 2.41. The van der Waals surface area contributed by atoms with E-state index in [4.69, 9.17) is 29.4 Å². The lowest BCUT2D eigenvalue weighted by molar-refractivity contribution is -0.159. The Morgan fingerprint density at radius 2 is 0.988 bits per heavy atom. The zero-order valence-electron chi connectivity index (χ0n) is 50.0. The van der Waals surface area contributed by atoms with Crippen LogP contribution in [0.1, 0.15) is 70.1 Å². The van der Waals surface area contributed by atoms with E-state index in [9.17, 15) is 24.3 Å². The van der Waals surface area contributed by atoms with Crippen LogP contribution in [0.25, 0.3) is 45.0 Å². The molecule has 86 heavy (non-hydrogen) atoms. The topological polar surface area (TPSA) is 231 Å². The Hall–Kier alpha value is -8.58. The Balaban J connectivity index is 0.000000230. The lowest BCUT2D eigenvalue weighted by Gasteiger charge is -2.43. The van der Waals surface area contributed by atoms with Gasteiger partial charge in [-0.15, -0.1) is 0 Å². The van der Waals surface area contributed by atoms with Crippen molar-refractivity contribution in [3.05, 3.63) is 169 Å². The largest absolute Gasteiger partial charge is 0.494 e. The molecule has 2 aliphatic rings. The maximum absolute atomic E-state index is 12.8. The molecule has 2 aromatic heterocycles. The van der Waals surface area contributed by atoms with E-state index in [0.717, 1.165) is 93.9 Å². The number of amides is 2. The number of aliphatic hydroxyl groups excluding tert-OH is 1. The lowest BCUT2D eigenvalue weighted by Crippen LogP contribution is -2.61. The number of benzene rings is 5. The van der Waals surface area contributed by atoms with Crippen LogP contribution in [-0.4, -0.2) is 131 Å². The third-order valence-electron chi connectivity index (χ3n) is 15.1. The molecule has 4 N–H and O–H groups in total. The van der Waals surface area contributed by atoms with Crippen molar-refractivity contribution < 1.29 is 48.0 Å². The number of carbonyl (C=O) groups excluding carboxylic acids is 4. The third kappa shape index (κ3) is 18.5. The summed E-state index contributed by atoms with van der Waals surface area (Å²) < 4.78 is 26.7. The molecule has 18 heteroatoms. The van der Waals surface area contributed by atoms with Crippen LogP contribution in [0.3, 0.4) is 0 Å². The number of ether oxygens (including phenoxy) is 5. The van der Waals surface area contributed by atoms with Crippen LogP contribution in [0, 0.1) is 23.7 Å². The fourth-order valence-electron chi connectivity index (χ4n) is 9.93. The van der Waals surface area contributed by atoms with Gasteiger partial charge in [-0.3, -0.25) is 19.3 Å². The van der Waals surface area contributed by atoms with Crippen LogP contribution in [0.2, 0.25) is 0 Å².